The molecular weight excluding hydrogens is 222 g/mol. The molecule has 0 amide bonds. The van der Waals surface area contributed by atoms with Crippen LogP contribution in [0.15, 0.2) is 18.2 Å². The minimum Gasteiger partial charge on any atom is -0.324 e. The van der Waals surface area contributed by atoms with Crippen molar-refractivity contribution >= 4 is 0 Å². The minimum absolute atomic E-state index is 0.0181. The van der Waals surface area contributed by atoms with Crippen molar-refractivity contribution in [1.82, 2.24) is 9.78 Å². The standard InChI is InChI=1S/C15H21N3/c1-9-6-7-14(10(2)8-9)18-13(5)15(11(3)16)12(4)17-18/h6-8,11H,16H2,1-5H3. The summed E-state index contributed by atoms with van der Waals surface area (Å²) in [6.45, 7) is 10.3. The van der Waals surface area contributed by atoms with Crippen LogP contribution in [0.4, 0.5) is 0 Å². The summed E-state index contributed by atoms with van der Waals surface area (Å²) < 4.78 is 2.00. The van der Waals surface area contributed by atoms with Gasteiger partial charge >= 0.3 is 0 Å². The average molecular weight is 243 g/mol. The van der Waals surface area contributed by atoms with E-state index in [9.17, 15) is 0 Å². The predicted molar refractivity (Wildman–Crippen MR) is 75.1 cm³/mol. The van der Waals surface area contributed by atoms with E-state index < -0.39 is 0 Å². The van der Waals surface area contributed by atoms with Crippen LogP contribution in [-0.4, -0.2) is 9.78 Å². The first-order valence-corrected chi connectivity index (χ1v) is 6.31. The van der Waals surface area contributed by atoms with E-state index >= 15 is 0 Å². The molecule has 0 aliphatic rings. The molecular formula is C15H21N3. The van der Waals surface area contributed by atoms with Gasteiger partial charge in [-0.3, -0.25) is 0 Å². The lowest BCUT2D eigenvalue weighted by atomic mass is 10.1. The Morgan fingerprint density at radius 3 is 2.33 bits per heavy atom. The monoisotopic (exact) mass is 243 g/mol. The number of nitrogens with two attached hydrogens (primary N) is 1. The number of hydrogen-bond donors (Lipinski definition) is 1. The largest absolute Gasteiger partial charge is 0.324 e. The van der Waals surface area contributed by atoms with Crippen LogP contribution in [0, 0.1) is 27.7 Å². The van der Waals surface area contributed by atoms with Crippen molar-refractivity contribution in [2.24, 2.45) is 5.73 Å². The van der Waals surface area contributed by atoms with Gasteiger partial charge in [-0.05, 0) is 46.2 Å². The van der Waals surface area contributed by atoms with Crippen LogP contribution in [0.25, 0.3) is 5.69 Å². The average Bonchev–Trinajstić information content (AvgIpc) is 2.54. The van der Waals surface area contributed by atoms with Crippen molar-refractivity contribution in [3.63, 3.8) is 0 Å². The van der Waals surface area contributed by atoms with Gasteiger partial charge in [-0.15, -0.1) is 0 Å². The zero-order chi connectivity index (χ0) is 13.4. The molecule has 18 heavy (non-hydrogen) atoms. The second kappa shape index (κ2) is 4.58. The highest BCUT2D eigenvalue weighted by Crippen LogP contribution is 2.24. The van der Waals surface area contributed by atoms with E-state index in [4.69, 9.17) is 5.73 Å². The highest BCUT2D eigenvalue weighted by molar-refractivity contribution is 5.45. The summed E-state index contributed by atoms with van der Waals surface area (Å²) in [5.41, 5.74) is 12.9. The topological polar surface area (TPSA) is 43.8 Å². The van der Waals surface area contributed by atoms with Crippen molar-refractivity contribution in [2.75, 3.05) is 0 Å². The number of nitrogens with zero attached hydrogens (tertiary/aromatic N) is 2. The molecule has 1 aromatic heterocycles. The molecule has 2 rings (SSSR count). The van der Waals surface area contributed by atoms with Crippen molar-refractivity contribution in [3.05, 3.63) is 46.3 Å². The number of aryl methyl sites for hydroxylation is 3. The van der Waals surface area contributed by atoms with Gasteiger partial charge in [0.05, 0.1) is 11.4 Å². The van der Waals surface area contributed by atoms with E-state index in [1.807, 2.05) is 18.5 Å². The second-order valence-electron chi connectivity index (χ2n) is 5.07. The lowest BCUT2D eigenvalue weighted by Crippen LogP contribution is -2.08. The number of aromatic nitrogens is 2. The summed E-state index contributed by atoms with van der Waals surface area (Å²) in [6.07, 6.45) is 0. The zero-order valence-corrected chi connectivity index (χ0v) is 11.8. The summed E-state index contributed by atoms with van der Waals surface area (Å²) in [6, 6.07) is 6.43. The van der Waals surface area contributed by atoms with Gasteiger partial charge in [0.1, 0.15) is 0 Å². The Morgan fingerprint density at radius 1 is 1.17 bits per heavy atom. The minimum atomic E-state index is 0.0181. The molecule has 0 fully saturated rings. The van der Waals surface area contributed by atoms with Gasteiger partial charge in [0.2, 0.25) is 0 Å². The van der Waals surface area contributed by atoms with E-state index in [2.05, 4.69) is 44.1 Å². The van der Waals surface area contributed by atoms with E-state index in [1.54, 1.807) is 0 Å². The molecule has 2 aromatic rings. The lowest BCUT2D eigenvalue weighted by Gasteiger charge is -2.10. The molecule has 3 nitrogen and oxygen atoms in total. The van der Waals surface area contributed by atoms with E-state index in [-0.39, 0.29) is 6.04 Å². The molecule has 0 radical (unpaired) electrons. The Kier molecular flexibility index (Phi) is 3.26. The highest BCUT2D eigenvalue weighted by Gasteiger charge is 2.16. The second-order valence-corrected chi connectivity index (χ2v) is 5.07. The van der Waals surface area contributed by atoms with Gasteiger partial charge in [-0.2, -0.15) is 5.10 Å². The lowest BCUT2D eigenvalue weighted by molar-refractivity contribution is 0.794. The third-order valence-corrected chi connectivity index (χ3v) is 3.38. The van der Waals surface area contributed by atoms with Gasteiger partial charge in [-0.25, -0.2) is 4.68 Å². The maximum atomic E-state index is 6.02. The summed E-state index contributed by atoms with van der Waals surface area (Å²) in [5.74, 6) is 0. The normalized spacial score (nSPS) is 12.8. The third kappa shape index (κ3) is 2.06. The maximum absolute atomic E-state index is 6.02. The SMILES string of the molecule is Cc1ccc(-n2nc(C)c(C(C)N)c2C)c(C)c1. The molecule has 0 saturated heterocycles. The van der Waals surface area contributed by atoms with Gasteiger partial charge < -0.3 is 5.73 Å². The van der Waals surface area contributed by atoms with Crippen LogP contribution in [-0.2, 0) is 0 Å². The van der Waals surface area contributed by atoms with E-state index in [1.165, 1.54) is 11.1 Å². The molecule has 0 spiro atoms. The fraction of sp³-hybridized carbons (Fsp3) is 0.400. The first-order chi connectivity index (χ1) is 8.41. The van der Waals surface area contributed by atoms with Crippen molar-refractivity contribution in [1.29, 1.82) is 0 Å². The molecule has 1 atom stereocenters. The smallest absolute Gasteiger partial charge is 0.0678 e. The van der Waals surface area contributed by atoms with Crippen molar-refractivity contribution in [3.8, 4) is 5.69 Å². The van der Waals surface area contributed by atoms with E-state index in [0.717, 1.165) is 22.6 Å². The van der Waals surface area contributed by atoms with Crippen LogP contribution in [0.3, 0.4) is 0 Å². The van der Waals surface area contributed by atoms with Gasteiger partial charge in [0.15, 0.2) is 0 Å². The maximum Gasteiger partial charge on any atom is 0.0678 e. The Balaban J connectivity index is 2.62. The fourth-order valence-electron chi connectivity index (χ4n) is 2.59. The number of hydrogen-bond acceptors (Lipinski definition) is 2. The molecule has 2 N–H and O–H groups in total. The van der Waals surface area contributed by atoms with Crippen LogP contribution in [0.5, 0.6) is 0 Å². The van der Waals surface area contributed by atoms with Crippen molar-refractivity contribution in [2.45, 2.75) is 40.7 Å². The van der Waals surface area contributed by atoms with Gasteiger partial charge in [0.25, 0.3) is 0 Å². The Labute approximate surface area is 109 Å². The first kappa shape index (κ1) is 12.8. The zero-order valence-electron chi connectivity index (χ0n) is 11.8. The summed E-state index contributed by atoms with van der Waals surface area (Å²) in [5, 5.41) is 4.63. The van der Waals surface area contributed by atoms with Gasteiger partial charge in [0, 0.05) is 17.3 Å². The highest BCUT2D eigenvalue weighted by atomic mass is 15.3. The molecule has 0 bridgehead atoms. The summed E-state index contributed by atoms with van der Waals surface area (Å²) >= 11 is 0. The molecule has 3 heteroatoms. The Morgan fingerprint density at radius 2 is 1.83 bits per heavy atom. The number of rotatable bonds is 2. The van der Waals surface area contributed by atoms with Crippen LogP contribution < -0.4 is 5.73 Å². The van der Waals surface area contributed by atoms with E-state index in [0.29, 0.717) is 0 Å². The van der Waals surface area contributed by atoms with Crippen LogP contribution in [0.2, 0.25) is 0 Å². The molecule has 0 aliphatic heterocycles. The molecule has 1 aromatic carbocycles. The number of benzene rings is 1. The Hall–Kier alpha value is -1.61. The summed E-state index contributed by atoms with van der Waals surface area (Å²) in [7, 11) is 0. The molecule has 96 valence electrons. The molecule has 0 saturated carbocycles. The Bertz CT molecular complexity index is 580. The van der Waals surface area contributed by atoms with Crippen LogP contribution in [0.1, 0.15) is 41.0 Å². The van der Waals surface area contributed by atoms with Crippen LogP contribution >= 0.6 is 0 Å². The summed E-state index contributed by atoms with van der Waals surface area (Å²) in [4.78, 5) is 0. The van der Waals surface area contributed by atoms with Crippen molar-refractivity contribution < 1.29 is 0 Å². The predicted octanol–water partition coefficient (Wildman–Crippen LogP) is 3.13. The quantitative estimate of drug-likeness (QED) is 0.880. The molecule has 1 heterocycles. The first-order valence-electron chi connectivity index (χ1n) is 6.31. The molecule has 1 unspecified atom stereocenters. The fourth-order valence-corrected chi connectivity index (χ4v) is 2.59. The molecule has 0 aliphatic carbocycles. The van der Waals surface area contributed by atoms with Gasteiger partial charge in [-0.1, -0.05) is 17.7 Å². The third-order valence-electron chi connectivity index (χ3n) is 3.38.